The molecule has 140 valence electrons. The van der Waals surface area contributed by atoms with E-state index in [2.05, 4.69) is 33.2 Å². The van der Waals surface area contributed by atoms with Gasteiger partial charge in [0, 0.05) is 68.6 Å². The molecule has 3 aromatic rings. The summed E-state index contributed by atoms with van der Waals surface area (Å²) in [7, 11) is 1.91. The fraction of sp³-hybridized carbons (Fsp3) is 0.381. The molecule has 0 N–H and O–H groups in total. The van der Waals surface area contributed by atoms with Crippen molar-refractivity contribution in [3.05, 3.63) is 48.5 Å². The van der Waals surface area contributed by atoms with Gasteiger partial charge in [0.2, 0.25) is 0 Å². The predicted octanol–water partition coefficient (Wildman–Crippen LogP) is 2.47. The molecule has 3 heterocycles. The number of hydrogen-bond donors (Lipinski definition) is 0. The lowest BCUT2D eigenvalue weighted by molar-refractivity contribution is -0.119. The second kappa shape index (κ2) is 7.98. The van der Waals surface area contributed by atoms with Gasteiger partial charge in [-0.1, -0.05) is 12.1 Å². The van der Waals surface area contributed by atoms with E-state index in [9.17, 15) is 4.79 Å². The van der Waals surface area contributed by atoms with Crippen LogP contribution >= 0.6 is 0 Å². The number of ether oxygens (including phenoxy) is 1. The number of fused-ring (bicyclic) bond motifs is 1. The molecule has 4 rings (SSSR count). The molecule has 1 saturated heterocycles. The second-order valence-corrected chi connectivity index (χ2v) is 7.06. The number of rotatable bonds is 6. The summed E-state index contributed by atoms with van der Waals surface area (Å²) in [5, 5.41) is 6.41. The van der Waals surface area contributed by atoms with Crippen LogP contribution in [0.1, 0.15) is 12.1 Å². The van der Waals surface area contributed by atoms with Crippen LogP contribution in [0.4, 0.5) is 0 Å². The number of aryl methyl sites for hydroxylation is 1. The van der Waals surface area contributed by atoms with Crippen LogP contribution in [0.3, 0.4) is 0 Å². The Bertz CT molecular complexity index is 944. The van der Waals surface area contributed by atoms with Crippen molar-refractivity contribution in [3.63, 3.8) is 0 Å². The average Bonchev–Trinajstić information content (AvgIpc) is 3.13. The molecular formula is C21H24N4O2. The normalized spacial score (nSPS) is 15.3. The molecule has 0 unspecified atom stereocenters. The highest BCUT2D eigenvalue weighted by atomic mass is 16.5. The predicted molar refractivity (Wildman–Crippen MR) is 105 cm³/mol. The first kappa shape index (κ1) is 17.8. The van der Waals surface area contributed by atoms with Gasteiger partial charge in [-0.05, 0) is 23.1 Å². The van der Waals surface area contributed by atoms with Gasteiger partial charge in [-0.25, -0.2) is 0 Å². The standard InChI is InChI=1S/C21H24N4O2/c1-24-15-19(14-23-24)16-2-3-17-13-22-20(11-18(17)10-16)12-21(26)4-5-25-6-8-27-9-7-25/h2-3,10-11,13-15H,4-9,12H2,1H3. The molecule has 27 heavy (non-hydrogen) atoms. The van der Waals surface area contributed by atoms with Crippen LogP contribution in [0.25, 0.3) is 21.9 Å². The van der Waals surface area contributed by atoms with Crippen LogP contribution in [0.15, 0.2) is 42.9 Å². The Morgan fingerprint density at radius 1 is 1.11 bits per heavy atom. The summed E-state index contributed by atoms with van der Waals surface area (Å²) in [6.07, 6.45) is 6.66. The van der Waals surface area contributed by atoms with E-state index in [0.717, 1.165) is 60.4 Å². The van der Waals surface area contributed by atoms with Crippen molar-refractivity contribution in [1.29, 1.82) is 0 Å². The first-order valence-electron chi connectivity index (χ1n) is 9.37. The highest BCUT2D eigenvalue weighted by Crippen LogP contribution is 2.24. The Balaban J connectivity index is 1.44. The Kier molecular flexibility index (Phi) is 5.27. The molecular weight excluding hydrogens is 340 g/mol. The maximum absolute atomic E-state index is 12.4. The minimum absolute atomic E-state index is 0.233. The number of benzene rings is 1. The lowest BCUT2D eigenvalue weighted by atomic mass is 10.0. The number of morpholine rings is 1. The number of Topliss-reactive ketones (excluding diaryl/α,β-unsaturated/α-hetero) is 1. The maximum Gasteiger partial charge on any atom is 0.140 e. The van der Waals surface area contributed by atoms with Gasteiger partial charge in [-0.2, -0.15) is 5.10 Å². The van der Waals surface area contributed by atoms with Crippen molar-refractivity contribution < 1.29 is 9.53 Å². The summed E-state index contributed by atoms with van der Waals surface area (Å²) in [5.41, 5.74) is 3.03. The van der Waals surface area contributed by atoms with Crippen molar-refractivity contribution in [2.24, 2.45) is 7.05 Å². The number of carbonyl (C=O) groups is 1. The van der Waals surface area contributed by atoms with Gasteiger partial charge in [-0.3, -0.25) is 19.4 Å². The molecule has 1 aromatic carbocycles. The minimum Gasteiger partial charge on any atom is -0.379 e. The fourth-order valence-corrected chi connectivity index (χ4v) is 3.43. The summed E-state index contributed by atoms with van der Waals surface area (Å²) in [6.45, 7) is 4.16. The topological polar surface area (TPSA) is 60.2 Å². The Hall–Kier alpha value is -2.57. The number of aromatic nitrogens is 3. The number of hydrogen-bond acceptors (Lipinski definition) is 5. The van der Waals surface area contributed by atoms with Crippen molar-refractivity contribution in [3.8, 4) is 11.1 Å². The van der Waals surface area contributed by atoms with Crippen LogP contribution in [0, 0.1) is 0 Å². The molecule has 1 aliphatic rings. The van der Waals surface area contributed by atoms with Crippen LogP contribution in [-0.4, -0.2) is 58.3 Å². The first-order valence-corrected chi connectivity index (χ1v) is 9.37. The Morgan fingerprint density at radius 3 is 2.74 bits per heavy atom. The van der Waals surface area contributed by atoms with Crippen molar-refractivity contribution in [2.45, 2.75) is 12.8 Å². The summed E-state index contributed by atoms with van der Waals surface area (Å²) < 4.78 is 7.14. The molecule has 0 radical (unpaired) electrons. The molecule has 0 saturated carbocycles. The van der Waals surface area contributed by atoms with Gasteiger partial charge in [0.05, 0.1) is 19.4 Å². The van der Waals surface area contributed by atoms with E-state index in [4.69, 9.17) is 4.74 Å². The summed E-state index contributed by atoms with van der Waals surface area (Å²) in [4.78, 5) is 19.1. The lowest BCUT2D eigenvalue weighted by Gasteiger charge is -2.26. The molecule has 6 heteroatoms. The van der Waals surface area contributed by atoms with Crippen molar-refractivity contribution in [2.75, 3.05) is 32.8 Å². The third-order valence-electron chi connectivity index (χ3n) is 5.01. The summed E-state index contributed by atoms with van der Waals surface area (Å²) >= 11 is 0. The SMILES string of the molecule is Cn1cc(-c2ccc3cnc(CC(=O)CCN4CCOCC4)cc3c2)cn1. The van der Waals surface area contributed by atoms with Crippen LogP contribution in [0.2, 0.25) is 0 Å². The lowest BCUT2D eigenvalue weighted by Crippen LogP contribution is -2.37. The van der Waals surface area contributed by atoms with E-state index in [-0.39, 0.29) is 5.78 Å². The van der Waals surface area contributed by atoms with E-state index in [1.165, 1.54) is 0 Å². The van der Waals surface area contributed by atoms with E-state index in [1.54, 1.807) is 4.68 Å². The highest BCUT2D eigenvalue weighted by Gasteiger charge is 2.13. The number of ketones is 1. The second-order valence-electron chi connectivity index (χ2n) is 7.06. The third kappa shape index (κ3) is 4.40. The Labute approximate surface area is 158 Å². The molecule has 0 spiro atoms. The van der Waals surface area contributed by atoms with Crippen molar-refractivity contribution >= 4 is 16.6 Å². The molecule has 6 nitrogen and oxygen atoms in total. The largest absolute Gasteiger partial charge is 0.379 e. The average molecular weight is 364 g/mol. The summed E-state index contributed by atoms with van der Waals surface area (Å²) in [6, 6.07) is 8.31. The molecule has 0 bridgehead atoms. The van der Waals surface area contributed by atoms with Gasteiger partial charge in [0.15, 0.2) is 0 Å². The molecule has 1 fully saturated rings. The van der Waals surface area contributed by atoms with E-state index < -0.39 is 0 Å². The summed E-state index contributed by atoms with van der Waals surface area (Å²) in [5.74, 6) is 0.233. The van der Waals surface area contributed by atoms with Crippen LogP contribution < -0.4 is 0 Å². The fourth-order valence-electron chi connectivity index (χ4n) is 3.43. The highest BCUT2D eigenvalue weighted by molar-refractivity contribution is 5.88. The van der Waals surface area contributed by atoms with Gasteiger partial charge >= 0.3 is 0 Å². The zero-order chi connectivity index (χ0) is 18.6. The monoisotopic (exact) mass is 364 g/mol. The molecule has 0 atom stereocenters. The third-order valence-corrected chi connectivity index (χ3v) is 5.01. The first-order chi connectivity index (χ1) is 13.2. The van der Waals surface area contributed by atoms with E-state index in [1.807, 2.05) is 31.7 Å². The van der Waals surface area contributed by atoms with Crippen LogP contribution in [0.5, 0.6) is 0 Å². The zero-order valence-corrected chi connectivity index (χ0v) is 15.6. The van der Waals surface area contributed by atoms with Gasteiger partial charge in [0.1, 0.15) is 5.78 Å². The molecule has 0 aliphatic carbocycles. The quantitative estimate of drug-likeness (QED) is 0.672. The van der Waals surface area contributed by atoms with Crippen molar-refractivity contribution in [1.82, 2.24) is 19.7 Å². The number of carbonyl (C=O) groups excluding carboxylic acids is 1. The molecule has 0 amide bonds. The molecule has 2 aromatic heterocycles. The Morgan fingerprint density at radius 2 is 1.96 bits per heavy atom. The number of pyridine rings is 1. The van der Waals surface area contributed by atoms with E-state index >= 15 is 0 Å². The maximum atomic E-state index is 12.4. The van der Waals surface area contributed by atoms with Gasteiger partial charge < -0.3 is 4.74 Å². The van der Waals surface area contributed by atoms with Crippen LogP contribution in [-0.2, 0) is 23.0 Å². The van der Waals surface area contributed by atoms with Gasteiger partial charge in [0.25, 0.3) is 0 Å². The minimum atomic E-state index is 0.233. The van der Waals surface area contributed by atoms with Gasteiger partial charge in [-0.15, -0.1) is 0 Å². The molecule has 1 aliphatic heterocycles. The number of nitrogens with zero attached hydrogens (tertiary/aromatic N) is 4. The zero-order valence-electron chi connectivity index (χ0n) is 15.6. The smallest absolute Gasteiger partial charge is 0.140 e. The van der Waals surface area contributed by atoms with E-state index in [0.29, 0.717) is 12.8 Å².